The van der Waals surface area contributed by atoms with E-state index in [1.165, 1.54) is 16.7 Å². The average molecular weight is 213 g/mol. The lowest BCUT2D eigenvalue weighted by Gasteiger charge is -2.15. The summed E-state index contributed by atoms with van der Waals surface area (Å²) < 4.78 is 24.8. The first kappa shape index (κ1) is 10.8. The van der Waals surface area contributed by atoms with Gasteiger partial charge in [0.1, 0.15) is 4.90 Å². The highest BCUT2D eigenvalue weighted by Crippen LogP contribution is 2.12. The summed E-state index contributed by atoms with van der Waals surface area (Å²) in [5.41, 5.74) is 0. The van der Waals surface area contributed by atoms with E-state index < -0.39 is 10.0 Å². The standard InChI is InChI=1S/C8H11N3O2S/c1-3-5-11(4-2)14(12,13)8-6-9-10-7-8/h1,6-7H,4-5H2,2H3,(H,9,10). The number of hydrogen-bond donors (Lipinski definition) is 1. The highest BCUT2D eigenvalue weighted by Gasteiger charge is 2.22. The van der Waals surface area contributed by atoms with E-state index >= 15 is 0 Å². The Kier molecular flexibility index (Phi) is 3.28. The van der Waals surface area contributed by atoms with E-state index in [0.717, 1.165) is 0 Å². The molecule has 0 aromatic carbocycles. The molecular formula is C8H11N3O2S. The van der Waals surface area contributed by atoms with E-state index in [1.807, 2.05) is 0 Å². The summed E-state index contributed by atoms with van der Waals surface area (Å²) in [6.07, 6.45) is 7.66. The van der Waals surface area contributed by atoms with Gasteiger partial charge in [-0.1, -0.05) is 12.8 Å². The number of nitrogens with one attached hydrogen (secondary N) is 1. The van der Waals surface area contributed by atoms with Gasteiger partial charge in [-0.15, -0.1) is 6.42 Å². The average Bonchev–Trinajstić information content (AvgIpc) is 2.66. The quantitative estimate of drug-likeness (QED) is 0.719. The summed E-state index contributed by atoms with van der Waals surface area (Å²) >= 11 is 0. The van der Waals surface area contributed by atoms with Gasteiger partial charge in [-0.05, 0) is 0 Å². The van der Waals surface area contributed by atoms with Crippen molar-refractivity contribution in [2.45, 2.75) is 11.8 Å². The van der Waals surface area contributed by atoms with E-state index in [9.17, 15) is 8.42 Å². The lowest BCUT2D eigenvalue weighted by Crippen LogP contribution is -2.30. The Bertz CT molecular complexity index is 416. The Morgan fingerprint density at radius 1 is 1.71 bits per heavy atom. The molecule has 0 bridgehead atoms. The number of nitrogens with zero attached hydrogens (tertiary/aromatic N) is 2. The zero-order valence-electron chi connectivity index (χ0n) is 7.77. The van der Waals surface area contributed by atoms with Crippen molar-refractivity contribution < 1.29 is 8.42 Å². The van der Waals surface area contributed by atoms with Crippen molar-refractivity contribution in [3.8, 4) is 12.3 Å². The van der Waals surface area contributed by atoms with Crippen LogP contribution in [0.2, 0.25) is 0 Å². The lowest BCUT2D eigenvalue weighted by molar-refractivity contribution is 0.464. The molecule has 0 saturated heterocycles. The number of hydrogen-bond acceptors (Lipinski definition) is 3. The molecule has 1 aromatic heterocycles. The molecule has 1 N–H and O–H groups in total. The molecular weight excluding hydrogens is 202 g/mol. The molecule has 6 heteroatoms. The van der Waals surface area contributed by atoms with Crippen molar-refractivity contribution in [2.75, 3.05) is 13.1 Å². The molecule has 0 atom stereocenters. The number of aromatic nitrogens is 2. The topological polar surface area (TPSA) is 66.1 Å². The number of sulfonamides is 1. The first-order valence-corrected chi connectivity index (χ1v) is 5.49. The Morgan fingerprint density at radius 2 is 2.43 bits per heavy atom. The zero-order chi connectivity index (χ0) is 10.6. The summed E-state index contributed by atoms with van der Waals surface area (Å²) in [4.78, 5) is 0.134. The number of terminal acetylenes is 1. The van der Waals surface area contributed by atoms with Gasteiger partial charge in [-0.3, -0.25) is 5.10 Å². The van der Waals surface area contributed by atoms with Gasteiger partial charge in [-0.2, -0.15) is 9.40 Å². The minimum absolute atomic E-state index is 0.0734. The van der Waals surface area contributed by atoms with Gasteiger partial charge in [0, 0.05) is 12.7 Å². The predicted octanol–water partition coefficient (Wildman–Crippen LogP) is 0.0535. The third-order valence-corrected chi connectivity index (χ3v) is 3.62. The van der Waals surface area contributed by atoms with Crippen LogP contribution in [0.25, 0.3) is 0 Å². The van der Waals surface area contributed by atoms with Crippen molar-refractivity contribution in [1.82, 2.24) is 14.5 Å². The van der Waals surface area contributed by atoms with Crippen LogP contribution in [-0.2, 0) is 10.0 Å². The molecule has 0 fully saturated rings. The second kappa shape index (κ2) is 4.26. The molecule has 0 radical (unpaired) electrons. The highest BCUT2D eigenvalue weighted by molar-refractivity contribution is 7.89. The Labute approximate surface area is 83.2 Å². The van der Waals surface area contributed by atoms with Crippen molar-refractivity contribution in [3.05, 3.63) is 12.4 Å². The highest BCUT2D eigenvalue weighted by atomic mass is 32.2. The summed E-state index contributed by atoms with van der Waals surface area (Å²) in [5, 5.41) is 6.03. The summed E-state index contributed by atoms with van der Waals surface area (Å²) in [6, 6.07) is 0. The van der Waals surface area contributed by atoms with Crippen LogP contribution in [0.4, 0.5) is 0 Å². The normalized spacial score (nSPS) is 11.5. The first-order valence-electron chi connectivity index (χ1n) is 4.05. The summed E-state index contributed by atoms with van der Waals surface area (Å²) in [6.45, 7) is 2.15. The number of rotatable bonds is 4. The van der Waals surface area contributed by atoms with Gasteiger partial charge in [0.05, 0.1) is 12.7 Å². The molecule has 76 valence electrons. The van der Waals surface area contributed by atoms with Gasteiger partial charge in [0.25, 0.3) is 0 Å². The Balaban J connectivity index is 3.01. The Hall–Kier alpha value is -1.32. The van der Waals surface area contributed by atoms with Crippen molar-refractivity contribution in [3.63, 3.8) is 0 Å². The van der Waals surface area contributed by atoms with Gasteiger partial charge < -0.3 is 0 Å². The molecule has 1 rings (SSSR count). The van der Waals surface area contributed by atoms with Crippen molar-refractivity contribution >= 4 is 10.0 Å². The minimum Gasteiger partial charge on any atom is -0.284 e. The third-order valence-electron chi connectivity index (χ3n) is 1.73. The summed E-state index contributed by atoms with van der Waals surface area (Å²) in [7, 11) is -3.47. The fourth-order valence-electron chi connectivity index (χ4n) is 0.998. The van der Waals surface area contributed by atoms with E-state index in [1.54, 1.807) is 6.92 Å². The molecule has 1 heterocycles. The van der Waals surface area contributed by atoms with Crippen LogP contribution in [-0.4, -0.2) is 36.0 Å². The lowest BCUT2D eigenvalue weighted by atomic mass is 10.6. The SMILES string of the molecule is C#CCN(CC)S(=O)(=O)c1cn[nH]c1. The molecule has 0 aliphatic carbocycles. The Morgan fingerprint density at radius 3 is 2.86 bits per heavy atom. The maximum atomic E-state index is 11.8. The summed E-state index contributed by atoms with van der Waals surface area (Å²) in [5.74, 6) is 2.30. The van der Waals surface area contributed by atoms with Crippen LogP contribution in [0.3, 0.4) is 0 Å². The van der Waals surface area contributed by atoms with Crippen LogP contribution in [0.5, 0.6) is 0 Å². The molecule has 0 aliphatic heterocycles. The van der Waals surface area contributed by atoms with Crippen LogP contribution in [0, 0.1) is 12.3 Å². The van der Waals surface area contributed by atoms with Gasteiger partial charge in [-0.25, -0.2) is 8.42 Å². The minimum atomic E-state index is -3.47. The van der Waals surface area contributed by atoms with E-state index in [0.29, 0.717) is 6.54 Å². The fraction of sp³-hybridized carbons (Fsp3) is 0.375. The second-order valence-corrected chi connectivity index (χ2v) is 4.51. The van der Waals surface area contributed by atoms with Crippen LogP contribution >= 0.6 is 0 Å². The van der Waals surface area contributed by atoms with Crippen LogP contribution in [0.1, 0.15) is 6.92 Å². The van der Waals surface area contributed by atoms with Crippen molar-refractivity contribution in [1.29, 1.82) is 0 Å². The molecule has 0 saturated carbocycles. The molecule has 5 nitrogen and oxygen atoms in total. The number of aromatic amines is 1. The maximum Gasteiger partial charge on any atom is 0.247 e. The van der Waals surface area contributed by atoms with Gasteiger partial charge in [0.15, 0.2) is 0 Å². The molecule has 0 aliphatic rings. The largest absolute Gasteiger partial charge is 0.284 e. The zero-order valence-corrected chi connectivity index (χ0v) is 8.58. The first-order chi connectivity index (χ1) is 6.62. The smallest absolute Gasteiger partial charge is 0.247 e. The molecule has 0 spiro atoms. The predicted molar refractivity (Wildman–Crippen MR) is 51.9 cm³/mol. The second-order valence-electron chi connectivity index (χ2n) is 2.57. The monoisotopic (exact) mass is 213 g/mol. The van der Waals surface area contributed by atoms with E-state index in [4.69, 9.17) is 6.42 Å². The molecule has 0 unspecified atom stereocenters. The van der Waals surface area contributed by atoms with Gasteiger partial charge >= 0.3 is 0 Å². The molecule has 1 aromatic rings. The molecule has 0 amide bonds. The molecule has 14 heavy (non-hydrogen) atoms. The maximum absolute atomic E-state index is 11.8. The van der Waals surface area contributed by atoms with Gasteiger partial charge in [0.2, 0.25) is 10.0 Å². The van der Waals surface area contributed by atoms with Crippen molar-refractivity contribution in [2.24, 2.45) is 0 Å². The van der Waals surface area contributed by atoms with Crippen LogP contribution in [0.15, 0.2) is 17.3 Å². The third kappa shape index (κ3) is 1.95. The fourth-order valence-corrected chi connectivity index (χ4v) is 2.27. The van der Waals surface area contributed by atoms with E-state index in [2.05, 4.69) is 16.1 Å². The van der Waals surface area contributed by atoms with E-state index in [-0.39, 0.29) is 11.4 Å². The number of H-pyrrole nitrogens is 1. The van der Waals surface area contributed by atoms with Crippen LogP contribution < -0.4 is 0 Å².